The largest absolute Gasteiger partial charge is 0.487 e. The van der Waals surface area contributed by atoms with Crippen LogP contribution in [0.25, 0.3) is 21.7 Å². The van der Waals surface area contributed by atoms with Gasteiger partial charge in [0, 0.05) is 9.86 Å². The van der Waals surface area contributed by atoms with Crippen LogP contribution in [0.4, 0.5) is 0 Å². The number of allylic oxidation sites excluding steroid dienone is 1. The zero-order valence-corrected chi connectivity index (χ0v) is 22.9. The van der Waals surface area contributed by atoms with Gasteiger partial charge in [0.1, 0.15) is 17.9 Å². The number of hydrogen-bond acceptors (Lipinski definition) is 4. The van der Waals surface area contributed by atoms with Crippen molar-refractivity contribution in [2.24, 2.45) is 5.10 Å². The summed E-state index contributed by atoms with van der Waals surface area (Å²) in [5.74, 6) is 0.516. The van der Waals surface area contributed by atoms with Crippen LogP contribution in [0.5, 0.6) is 5.75 Å². The Morgan fingerprint density at radius 1 is 0.973 bits per heavy atom. The minimum absolute atomic E-state index is 0.191. The van der Waals surface area contributed by atoms with E-state index in [1.54, 1.807) is 12.3 Å². The van der Waals surface area contributed by atoms with Gasteiger partial charge in [-0.3, -0.25) is 4.79 Å². The van der Waals surface area contributed by atoms with Crippen molar-refractivity contribution in [3.05, 3.63) is 123 Å². The molecule has 1 N–H and O–H groups in total. The number of nitrogens with zero attached hydrogens (tertiary/aromatic N) is 1. The Balaban J connectivity index is 1.31. The van der Waals surface area contributed by atoms with E-state index in [9.17, 15) is 4.79 Å². The first-order chi connectivity index (χ1) is 18.0. The molecule has 0 bridgehead atoms. The molecule has 0 aliphatic heterocycles. The second-order valence-electron chi connectivity index (χ2n) is 8.40. The fourth-order valence-electron chi connectivity index (χ4n) is 4.13. The molecule has 0 atom stereocenters. The van der Waals surface area contributed by atoms with Crippen molar-refractivity contribution >= 4 is 65.7 Å². The maximum Gasteiger partial charge on any atom is 0.307 e. The van der Waals surface area contributed by atoms with E-state index < -0.39 is 5.91 Å². The number of fused-ring (bicyclic) bond motifs is 2. The minimum Gasteiger partial charge on any atom is -0.487 e. The minimum atomic E-state index is -0.427. The van der Waals surface area contributed by atoms with Gasteiger partial charge in [0.2, 0.25) is 0 Å². The number of hydrazone groups is 1. The Kier molecular flexibility index (Phi) is 7.53. The summed E-state index contributed by atoms with van der Waals surface area (Å²) in [7, 11) is 0. The molecule has 4 aromatic carbocycles. The van der Waals surface area contributed by atoms with E-state index in [4.69, 9.17) is 9.15 Å². The van der Waals surface area contributed by atoms with Crippen LogP contribution >= 0.6 is 31.9 Å². The van der Waals surface area contributed by atoms with Crippen LogP contribution < -0.4 is 10.2 Å². The van der Waals surface area contributed by atoms with Crippen molar-refractivity contribution in [2.45, 2.75) is 13.0 Å². The second kappa shape index (κ2) is 11.2. The van der Waals surface area contributed by atoms with Crippen LogP contribution in [0.2, 0.25) is 0 Å². The number of benzene rings is 4. The number of carbonyl (C=O) groups is 1. The predicted octanol–water partition coefficient (Wildman–Crippen LogP) is 8.18. The number of nitrogens with one attached hydrogen (secondary N) is 1. The fourth-order valence-corrected chi connectivity index (χ4v) is 5.14. The predicted molar refractivity (Wildman–Crippen MR) is 155 cm³/mol. The molecule has 0 aliphatic rings. The monoisotopic (exact) mass is 616 g/mol. The van der Waals surface area contributed by atoms with E-state index in [-0.39, 0.29) is 5.76 Å². The molecule has 5 aromatic rings. The molecule has 0 saturated heterocycles. The molecule has 1 aromatic heterocycles. The normalized spacial score (nSPS) is 11.3. The summed E-state index contributed by atoms with van der Waals surface area (Å²) in [6.45, 7) is 4.32. The molecular weight excluding hydrogens is 596 g/mol. The van der Waals surface area contributed by atoms with Crippen molar-refractivity contribution in [3.8, 4) is 5.75 Å². The third kappa shape index (κ3) is 5.68. The average Bonchev–Trinajstić information content (AvgIpc) is 3.32. The zero-order valence-electron chi connectivity index (χ0n) is 19.7. The van der Waals surface area contributed by atoms with Gasteiger partial charge in [0.25, 0.3) is 0 Å². The number of carbonyl (C=O) groups excluding carboxylic acids is 1. The lowest BCUT2D eigenvalue weighted by Crippen LogP contribution is -2.16. The first kappa shape index (κ1) is 25.0. The van der Waals surface area contributed by atoms with Gasteiger partial charge < -0.3 is 9.15 Å². The summed E-state index contributed by atoms with van der Waals surface area (Å²) in [5, 5.41) is 7.31. The zero-order chi connectivity index (χ0) is 25.8. The van der Waals surface area contributed by atoms with Crippen LogP contribution in [0, 0.1) is 0 Å². The lowest BCUT2D eigenvalue weighted by atomic mass is 10.0. The van der Waals surface area contributed by atoms with Crippen LogP contribution in [0.1, 0.15) is 27.2 Å². The SMILES string of the molecule is C=CCc1cc(/C=N/NC(=O)c2cc3cc(Br)ccc3o2)cc(Br)c1OCc1cccc2ccccc12. The number of ether oxygens (including phenoxy) is 1. The lowest BCUT2D eigenvalue weighted by Gasteiger charge is -2.15. The van der Waals surface area contributed by atoms with Gasteiger partial charge in [-0.15, -0.1) is 6.58 Å². The number of amides is 1. The smallest absolute Gasteiger partial charge is 0.307 e. The Labute approximate surface area is 231 Å². The molecule has 0 spiro atoms. The van der Waals surface area contributed by atoms with Crippen molar-refractivity contribution < 1.29 is 13.9 Å². The van der Waals surface area contributed by atoms with Crippen molar-refractivity contribution in [3.63, 3.8) is 0 Å². The Morgan fingerprint density at radius 3 is 2.68 bits per heavy atom. The highest BCUT2D eigenvalue weighted by atomic mass is 79.9. The Bertz CT molecular complexity index is 1650. The van der Waals surface area contributed by atoms with E-state index in [2.05, 4.69) is 73.2 Å². The molecule has 37 heavy (non-hydrogen) atoms. The Hall–Kier alpha value is -3.68. The van der Waals surface area contributed by atoms with Gasteiger partial charge >= 0.3 is 5.91 Å². The maximum absolute atomic E-state index is 12.5. The summed E-state index contributed by atoms with van der Waals surface area (Å²) < 4.78 is 13.6. The number of rotatable bonds is 8. The lowest BCUT2D eigenvalue weighted by molar-refractivity contribution is 0.0929. The van der Waals surface area contributed by atoms with Crippen LogP contribution in [0.15, 0.2) is 110 Å². The molecular formula is C30H22Br2N2O3. The van der Waals surface area contributed by atoms with E-state index >= 15 is 0 Å². The van der Waals surface area contributed by atoms with Crippen LogP contribution in [0.3, 0.4) is 0 Å². The van der Waals surface area contributed by atoms with Gasteiger partial charge in [-0.2, -0.15) is 5.10 Å². The summed E-state index contributed by atoms with van der Waals surface area (Å²) in [6.07, 6.45) is 4.03. The van der Waals surface area contributed by atoms with E-state index in [1.807, 2.05) is 54.6 Å². The molecule has 1 heterocycles. The topological polar surface area (TPSA) is 63.8 Å². The highest BCUT2D eigenvalue weighted by molar-refractivity contribution is 9.10. The summed E-state index contributed by atoms with van der Waals surface area (Å²) in [4.78, 5) is 12.5. The third-order valence-corrected chi connectivity index (χ3v) is 6.92. The second-order valence-corrected chi connectivity index (χ2v) is 10.2. The van der Waals surface area contributed by atoms with Crippen LogP contribution in [-0.4, -0.2) is 12.1 Å². The standard InChI is InChI=1S/C30H22Br2N2O3/c1-2-6-21-13-19(17-33-34-30(35)28-16-23-15-24(31)11-12-27(23)37-28)14-26(32)29(21)36-18-22-9-5-8-20-7-3-4-10-25(20)22/h2-5,7-17H,1,6,18H2,(H,34,35)/b33-17+. The molecule has 7 heteroatoms. The number of hydrogen-bond donors (Lipinski definition) is 1. The summed E-state index contributed by atoms with van der Waals surface area (Å²) in [5.41, 5.74) is 6.04. The highest BCUT2D eigenvalue weighted by Gasteiger charge is 2.13. The molecule has 0 aliphatic carbocycles. The molecule has 0 saturated carbocycles. The van der Waals surface area contributed by atoms with Crippen LogP contribution in [-0.2, 0) is 13.0 Å². The molecule has 5 nitrogen and oxygen atoms in total. The number of halogens is 2. The Morgan fingerprint density at radius 2 is 1.81 bits per heavy atom. The van der Waals surface area contributed by atoms with E-state index in [1.165, 1.54) is 10.8 Å². The highest BCUT2D eigenvalue weighted by Crippen LogP contribution is 2.33. The first-order valence-corrected chi connectivity index (χ1v) is 13.2. The van der Waals surface area contributed by atoms with E-state index in [0.29, 0.717) is 18.6 Å². The molecule has 0 fully saturated rings. The van der Waals surface area contributed by atoms with Gasteiger partial charge in [-0.25, -0.2) is 5.43 Å². The quantitative estimate of drug-likeness (QED) is 0.108. The summed E-state index contributed by atoms with van der Waals surface area (Å²) in [6, 6.07) is 25.6. The van der Waals surface area contributed by atoms with Gasteiger partial charge in [-0.1, -0.05) is 64.5 Å². The van der Waals surface area contributed by atoms with Gasteiger partial charge in [-0.05, 0) is 86.2 Å². The average molecular weight is 618 g/mol. The fraction of sp³-hybridized carbons (Fsp3) is 0.0667. The third-order valence-electron chi connectivity index (χ3n) is 5.84. The van der Waals surface area contributed by atoms with Crippen molar-refractivity contribution in [2.75, 3.05) is 0 Å². The molecule has 0 unspecified atom stereocenters. The molecule has 1 amide bonds. The van der Waals surface area contributed by atoms with Crippen molar-refractivity contribution in [1.82, 2.24) is 5.43 Å². The maximum atomic E-state index is 12.5. The van der Waals surface area contributed by atoms with Crippen molar-refractivity contribution in [1.29, 1.82) is 0 Å². The molecule has 5 rings (SSSR count). The summed E-state index contributed by atoms with van der Waals surface area (Å²) >= 11 is 7.07. The molecule has 184 valence electrons. The van der Waals surface area contributed by atoms with E-state index in [0.717, 1.165) is 36.8 Å². The van der Waals surface area contributed by atoms with Gasteiger partial charge in [0.05, 0.1) is 10.7 Å². The molecule has 0 radical (unpaired) electrons. The van der Waals surface area contributed by atoms with Gasteiger partial charge in [0.15, 0.2) is 5.76 Å². The first-order valence-electron chi connectivity index (χ1n) is 11.6. The number of furan rings is 1.